The van der Waals surface area contributed by atoms with Gasteiger partial charge in [0.15, 0.2) is 11.6 Å². The molecule has 2 rings (SSSR count). The van der Waals surface area contributed by atoms with E-state index >= 15 is 0 Å². The van der Waals surface area contributed by atoms with Gasteiger partial charge in [0.05, 0.1) is 24.5 Å². The van der Waals surface area contributed by atoms with Crippen molar-refractivity contribution < 1.29 is 9.13 Å². The molecule has 1 aromatic heterocycles. The second-order valence-corrected chi connectivity index (χ2v) is 4.91. The molecule has 0 amide bonds. The first kappa shape index (κ1) is 15.5. The van der Waals surface area contributed by atoms with Crippen LogP contribution in [0.25, 0.3) is 0 Å². The minimum absolute atomic E-state index is 0.0865. The molecular weight excluding hydrogens is 269 g/mol. The molecule has 0 aliphatic heterocycles. The van der Waals surface area contributed by atoms with Crippen molar-refractivity contribution in [2.75, 3.05) is 13.7 Å². The Balaban J connectivity index is 2.45. The molecule has 0 aliphatic carbocycles. The van der Waals surface area contributed by atoms with Crippen LogP contribution in [0, 0.1) is 12.7 Å². The average molecular weight is 291 g/mol. The standard InChI is InChI=1S/C16H22FN3O/c1-5-18-16(14-9-11(3)19-20(14)6-2)12-7-8-15(21-4)13(17)10-12/h7-10,16,18H,5-6H2,1-4H3. The lowest BCUT2D eigenvalue weighted by Crippen LogP contribution is -2.25. The molecule has 1 unspecified atom stereocenters. The number of ether oxygens (including phenoxy) is 1. The summed E-state index contributed by atoms with van der Waals surface area (Å²) in [6, 6.07) is 7.02. The molecule has 1 aromatic carbocycles. The summed E-state index contributed by atoms with van der Waals surface area (Å²) in [5, 5.41) is 7.87. The predicted octanol–water partition coefficient (Wildman–Crippen LogP) is 3.06. The van der Waals surface area contributed by atoms with E-state index in [1.165, 1.54) is 13.2 Å². The first-order chi connectivity index (χ1) is 10.1. The number of nitrogens with one attached hydrogen (secondary N) is 1. The topological polar surface area (TPSA) is 39.1 Å². The van der Waals surface area contributed by atoms with Crippen LogP contribution in [0.5, 0.6) is 5.75 Å². The van der Waals surface area contributed by atoms with E-state index < -0.39 is 0 Å². The van der Waals surface area contributed by atoms with Gasteiger partial charge in [-0.3, -0.25) is 4.68 Å². The number of methoxy groups -OCH3 is 1. The number of nitrogens with zero attached hydrogens (tertiary/aromatic N) is 2. The fourth-order valence-corrected chi connectivity index (χ4v) is 2.51. The Hall–Kier alpha value is -1.88. The van der Waals surface area contributed by atoms with Crippen molar-refractivity contribution in [3.05, 3.63) is 47.0 Å². The van der Waals surface area contributed by atoms with Gasteiger partial charge in [-0.1, -0.05) is 13.0 Å². The highest BCUT2D eigenvalue weighted by Gasteiger charge is 2.19. The van der Waals surface area contributed by atoms with Gasteiger partial charge in [-0.25, -0.2) is 4.39 Å². The molecule has 1 atom stereocenters. The number of halogens is 1. The normalized spacial score (nSPS) is 12.4. The maximum absolute atomic E-state index is 14.0. The summed E-state index contributed by atoms with van der Waals surface area (Å²) >= 11 is 0. The third-order valence-electron chi connectivity index (χ3n) is 3.45. The fourth-order valence-electron chi connectivity index (χ4n) is 2.51. The lowest BCUT2D eigenvalue weighted by atomic mass is 10.0. The Kier molecular flexibility index (Phi) is 4.96. The quantitative estimate of drug-likeness (QED) is 0.889. The third-order valence-corrected chi connectivity index (χ3v) is 3.45. The summed E-state index contributed by atoms with van der Waals surface area (Å²) in [6.45, 7) is 7.61. The van der Waals surface area contributed by atoms with Crippen LogP contribution in [-0.4, -0.2) is 23.4 Å². The van der Waals surface area contributed by atoms with Crippen LogP contribution >= 0.6 is 0 Å². The number of aryl methyl sites for hydroxylation is 2. The summed E-state index contributed by atoms with van der Waals surface area (Å²) in [7, 11) is 1.47. The van der Waals surface area contributed by atoms with E-state index in [0.717, 1.165) is 30.0 Å². The molecule has 0 aliphatic rings. The molecule has 114 valence electrons. The van der Waals surface area contributed by atoms with Crippen molar-refractivity contribution in [2.45, 2.75) is 33.4 Å². The lowest BCUT2D eigenvalue weighted by Gasteiger charge is -2.20. The van der Waals surface area contributed by atoms with Gasteiger partial charge in [0.25, 0.3) is 0 Å². The number of hydrogen-bond donors (Lipinski definition) is 1. The molecule has 4 nitrogen and oxygen atoms in total. The van der Waals surface area contributed by atoms with Gasteiger partial charge < -0.3 is 10.1 Å². The van der Waals surface area contributed by atoms with E-state index in [4.69, 9.17) is 4.74 Å². The molecule has 1 N–H and O–H groups in total. The molecular formula is C16H22FN3O. The zero-order valence-electron chi connectivity index (χ0n) is 13.0. The van der Waals surface area contributed by atoms with Crippen LogP contribution in [0.4, 0.5) is 4.39 Å². The van der Waals surface area contributed by atoms with Crippen molar-refractivity contribution in [3.8, 4) is 5.75 Å². The average Bonchev–Trinajstić information content (AvgIpc) is 2.85. The summed E-state index contributed by atoms with van der Waals surface area (Å²) in [5.74, 6) is -0.0913. The molecule has 0 radical (unpaired) electrons. The molecule has 0 fully saturated rings. The molecule has 0 spiro atoms. The molecule has 0 saturated heterocycles. The van der Waals surface area contributed by atoms with Crippen molar-refractivity contribution in [2.24, 2.45) is 0 Å². The van der Waals surface area contributed by atoms with Gasteiger partial charge in [0, 0.05) is 6.54 Å². The molecule has 0 saturated carbocycles. The van der Waals surface area contributed by atoms with Crippen LogP contribution in [0.3, 0.4) is 0 Å². The molecule has 1 heterocycles. The number of rotatable bonds is 6. The zero-order valence-corrected chi connectivity index (χ0v) is 13.0. The molecule has 5 heteroatoms. The first-order valence-corrected chi connectivity index (χ1v) is 7.21. The van der Waals surface area contributed by atoms with E-state index in [9.17, 15) is 4.39 Å². The summed E-state index contributed by atoms with van der Waals surface area (Å²) in [4.78, 5) is 0. The van der Waals surface area contributed by atoms with E-state index in [2.05, 4.69) is 10.4 Å². The minimum atomic E-state index is -0.350. The third kappa shape index (κ3) is 3.24. The maximum atomic E-state index is 14.0. The van der Waals surface area contributed by atoms with Crippen molar-refractivity contribution in [1.29, 1.82) is 0 Å². The van der Waals surface area contributed by atoms with Gasteiger partial charge in [0.2, 0.25) is 0 Å². The Morgan fingerprint density at radius 2 is 2.10 bits per heavy atom. The smallest absolute Gasteiger partial charge is 0.165 e. The Morgan fingerprint density at radius 1 is 1.33 bits per heavy atom. The largest absolute Gasteiger partial charge is 0.494 e. The van der Waals surface area contributed by atoms with Crippen molar-refractivity contribution in [3.63, 3.8) is 0 Å². The lowest BCUT2D eigenvalue weighted by molar-refractivity contribution is 0.385. The van der Waals surface area contributed by atoms with Crippen LogP contribution < -0.4 is 10.1 Å². The van der Waals surface area contributed by atoms with Crippen molar-refractivity contribution >= 4 is 0 Å². The number of aromatic nitrogens is 2. The van der Waals surface area contributed by atoms with Crippen LogP contribution in [0.1, 0.15) is 36.8 Å². The van der Waals surface area contributed by atoms with Gasteiger partial charge in [-0.2, -0.15) is 5.10 Å². The Bertz CT molecular complexity index is 610. The van der Waals surface area contributed by atoms with E-state index in [1.807, 2.05) is 37.6 Å². The van der Waals surface area contributed by atoms with E-state index in [0.29, 0.717) is 0 Å². The fraction of sp³-hybridized carbons (Fsp3) is 0.438. The Morgan fingerprint density at radius 3 is 2.67 bits per heavy atom. The van der Waals surface area contributed by atoms with Gasteiger partial charge in [-0.15, -0.1) is 0 Å². The van der Waals surface area contributed by atoms with E-state index in [-0.39, 0.29) is 17.6 Å². The highest BCUT2D eigenvalue weighted by atomic mass is 19.1. The van der Waals surface area contributed by atoms with Crippen LogP contribution in [-0.2, 0) is 6.54 Å². The molecule has 2 aromatic rings. The van der Waals surface area contributed by atoms with Gasteiger partial charge in [-0.05, 0) is 44.2 Å². The molecule has 21 heavy (non-hydrogen) atoms. The van der Waals surface area contributed by atoms with Gasteiger partial charge in [0.1, 0.15) is 0 Å². The SMILES string of the molecule is CCNC(c1ccc(OC)c(F)c1)c1cc(C)nn1CC. The van der Waals surface area contributed by atoms with Crippen molar-refractivity contribution in [1.82, 2.24) is 15.1 Å². The maximum Gasteiger partial charge on any atom is 0.165 e. The second-order valence-electron chi connectivity index (χ2n) is 4.91. The summed E-state index contributed by atoms with van der Waals surface area (Å²) in [5.41, 5.74) is 2.87. The number of hydrogen-bond acceptors (Lipinski definition) is 3. The minimum Gasteiger partial charge on any atom is -0.494 e. The zero-order chi connectivity index (χ0) is 15.4. The van der Waals surface area contributed by atoms with Crippen LogP contribution in [0.2, 0.25) is 0 Å². The van der Waals surface area contributed by atoms with Crippen LogP contribution in [0.15, 0.2) is 24.3 Å². The second kappa shape index (κ2) is 6.72. The predicted molar refractivity (Wildman–Crippen MR) is 81.1 cm³/mol. The number of benzene rings is 1. The van der Waals surface area contributed by atoms with E-state index in [1.54, 1.807) is 6.07 Å². The highest BCUT2D eigenvalue weighted by Crippen LogP contribution is 2.27. The molecule has 0 bridgehead atoms. The Labute approximate surface area is 124 Å². The first-order valence-electron chi connectivity index (χ1n) is 7.21. The summed E-state index contributed by atoms with van der Waals surface area (Å²) < 4.78 is 20.9. The monoisotopic (exact) mass is 291 g/mol. The summed E-state index contributed by atoms with van der Waals surface area (Å²) in [6.07, 6.45) is 0. The van der Waals surface area contributed by atoms with Gasteiger partial charge >= 0.3 is 0 Å². The highest BCUT2D eigenvalue weighted by molar-refractivity contribution is 5.35.